The quantitative estimate of drug-likeness (QED) is 0.392. The summed E-state index contributed by atoms with van der Waals surface area (Å²) in [6.07, 6.45) is 8.15. The lowest BCUT2D eigenvalue weighted by Gasteiger charge is -2.23. The van der Waals surface area contributed by atoms with Gasteiger partial charge in [0.2, 0.25) is 0 Å². The summed E-state index contributed by atoms with van der Waals surface area (Å²) in [5, 5.41) is 0. The number of rotatable bonds is 4. The van der Waals surface area contributed by atoms with Gasteiger partial charge in [0.05, 0.1) is 12.5 Å². The normalized spacial score (nSPS) is 26.1. The topological polar surface area (TPSA) is 26.3 Å². The molecule has 2 heteroatoms. The molecule has 0 N–H and O–H groups in total. The van der Waals surface area contributed by atoms with Crippen molar-refractivity contribution in [2.24, 2.45) is 11.8 Å². The van der Waals surface area contributed by atoms with Crippen molar-refractivity contribution in [1.82, 2.24) is 0 Å². The molecule has 0 aliphatic heterocycles. The van der Waals surface area contributed by atoms with Crippen molar-refractivity contribution in [2.75, 3.05) is 6.61 Å². The van der Waals surface area contributed by atoms with Gasteiger partial charge in [0.25, 0.3) is 0 Å². The molecule has 0 saturated heterocycles. The van der Waals surface area contributed by atoms with Gasteiger partial charge in [-0.15, -0.1) is 0 Å². The summed E-state index contributed by atoms with van der Waals surface area (Å²) in [4.78, 5) is 11.6. The predicted molar refractivity (Wildman–Crippen MR) is 56.9 cm³/mol. The smallest absolute Gasteiger partial charge is 0.309 e. The monoisotopic (exact) mass is 196 g/mol. The first-order chi connectivity index (χ1) is 6.75. The Morgan fingerprint density at radius 2 is 2.14 bits per heavy atom. The molecule has 0 spiro atoms. The van der Waals surface area contributed by atoms with Gasteiger partial charge in [-0.3, -0.25) is 4.79 Å². The van der Waals surface area contributed by atoms with E-state index in [1.54, 1.807) is 0 Å². The highest BCUT2D eigenvalue weighted by Crippen LogP contribution is 2.25. The van der Waals surface area contributed by atoms with E-state index in [2.05, 4.69) is 26.0 Å². The predicted octanol–water partition coefficient (Wildman–Crippen LogP) is 2.93. The first-order valence-corrected chi connectivity index (χ1v) is 5.57. The fourth-order valence-electron chi connectivity index (χ4n) is 1.70. The van der Waals surface area contributed by atoms with Crippen LogP contribution in [0.5, 0.6) is 0 Å². The number of allylic oxidation sites excluding steroid dienone is 2. The second-order valence-corrected chi connectivity index (χ2v) is 4.05. The molecule has 0 heterocycles. The van der Waals surface area contributed by atoms with Gasteiger partial charge in [-0.05, 0) is 25.2 Å². The second kappa shape index (κ2) is 5.84. The molecule has 1 rings (SSSR count). The van der Waals surface area contributed by atoms with Gasteiger partial charge in [-0.25, -0.2) is 0 Å². The van der Waals surface area contributed by atoms with Crippen LogP contribution in [-0.2, 0) is 9.53 Å². The van der Waals surface area contributed by atoms with E-state index < -0.39 is 0 Å². The molecule has 0 saturated carbocycles. The van der Waals surface area contributed by atoms with Gasteiger partial charge in [-0.2, -0.15) is 0 Å². The molecule has 0 aromatic carbocycles. The van der Waals surface area contributed by atoms with E-state index in [4.69, 9.17) is 4.74 Å². The molecule has 2 atom stereocenters. The third-order valence-corrected chi connectivity index (χ3v) is 2.80. The SMILES string of the molecule is CCCCOC(=O)C1CC=CCC1C. The zero-order chi connectivity index (χ0) is 10.4. The molecule has 1 aliphatic carbocycles. The van der Waals surface area contributed by atoms with Crippen molar-refractivity contribution in [2.45, 2.75) is 39.5 Å². The van der Waals surface area contributed by atoms with E-state index in [1.807, 2.05) is 0 Å². The number of unbranched alkanes of at least 4 members (excludes halogenated alkanes) is 1. The van der Waals surface area contributed by atoms with Gasteiger partial charge >= 0.3 is 5.97 Å². The minimum Gasteiger partial charge on any atom is -0.465 e. The van der Waals surface area contributed by atoms with E-state index in [0.29, 0.717) is 12.5 Å². The summed E-state index contributed by atoms with van der Waals surface area (Å²) in [5.41, 5.74) is 0. The Morgan fingerprint density at radius 1 is 1.43 bits per heavy atom. The Balaban J connectivity index is 2.32. The Labute approximate surface area is 86.3 Å². The van der Waals surface area contributed by atoms with E-state index in [9.17, 15) is 4.79 Å². The molecule has 0 bridgehead atoms. The van der Waals surface area contributed by atoms with Gasteiger partial charge in [-0.1, -0.05) is 32.4 Å². The van der Waals surface area contributed by atoms with Gasteiger partial charge < -0.3 is 4.74 Å². The van der Waals surface area contributed by atoms with Crippen molar-refractivity contribution in [1.29, 1.82) is 0 Å². The Bertz CT molecular complexity index is 208. The van der Waals surface area contributed by atoms with Gasteiger partial charge in [0, 0.05) is 0 Å². The summed E-state index contributed by atoms with van der Waals surface area (Å²) in [6, 6.07) is 0. The maximum atomic E-state index is 11.6. The van der Waals surface area contributed by atoms with Crippen LogP contribution >= 0.6 is 0 Å². The van der Waals surface area contributed by atoms with Crippen LogP contribution in [-0.4, -0.2) is 12.6 Å². The van der Waals surface area contributed by atoms with Crippen LogP contribution in [0.4, 0.5) is 0 Å². The Hall–Kier alpha value is -0.790. The van der Waals surface area contributed by atoms with E-state index in [1.165, 1.54) is 0 Å². The minimum absolute atomic E-state index is 0.00435. The van der Waals surface area contributed by atoms with E-state index in [0.717, 1.165) is 25.7 Å². The van der Waals surface area contributed by atoms with Crippen LogP contribution in [0.2, 0.25) is 0 Å². The number of carbonyl (C=O) groups is 1. The zero-order valence-electron chi connectivity index (χ0n) is 9.16. The third-order valence-electron chi connectivity index (χ3n) is 2.80. The number of esters is 1. The highest BCUT2D eigenvalue weighted by molar-refractivity contribution is 5.73. The molecule has 14 heavy (non-hydrogen) atoms. The average Bonchev–Trinajstić information content (AvgIpc) is 2.18. The second-order valence-electron chi connectivity index (χ2n) is 4.05. The summed E-state index contributed by atoms with van der Waals surface area (Å²) in [5.74, 6) is 0.529. The van der Waals surface area contributed by atoms with Crippen molar-refractivity contribution in [3.8, 4) is 0 Å². The Morgan fingerprint density at radius 3 is 2.79 bits per heavy atom. The van der Waals surface area contributed by atoms with Crippen molar-refractivity contribution in [3.05, 3.63) is 12.2 Å². The van der Waals surface area contributed by atoms with Gasteiger partial charge in [0.15, 0.2) is 0 Å². The molecule has 80 valence electrons. The van der Waals surface area contributed by atoms with Crippen LogP contribution in [0.1, 0.15) is 39.5 Å². The zero-order valence-corrected chi connectivity index (χ0v) is 9.16. The third kappa shape index (κ3) is 3.17. The van der Waals surface area contributed by atoms with E-state index >= 15 is 0 Å². The summed E-state index contributed by atoms with van der Waals surface area (Å²) in [7, 11) is 0. The summed E-state index contributed by atoms with van der Waals surface area (Å²) >= 11 is 0. The van der Waals surface area contributed by atoms with Crippen LogP contribution in [0.25, 0.3) is 0 Å². The fraction of sp³-hybridized carbons (Fsp3) is 0.750. The number of hydrogen-bond acceptors (Lipinski definition) is 2. The van der Waals surface area contributed by atoms with Gasteiger partial charge in [0.1, 0.15) is 0 Å². The minimum atomic E-state index is -0.00435. The number of ether oxygens (including phenoxy) is 1. The van der Waals surface area contributed by atoms with Crippen LogP contribution in [0, 0.1) is 11.8 Å². The van der Waals surface area contributed by atoms with E-state index in [-0.39, 0.29) is 11.9 Å². The molecule has 0 amide bonds. The number of carbonyl (C=O) groups excluding carboxylic acids is 1. The standard InChI is InChI=1S/C12H20O2/c1-3-4-9-14-12(13)11-8-6-5-7-10(11)2/h5-6,10-11H,3-4,7-9H2,1-2H3. The first-order valence-electron chi connectivity index (χ1n) is 5.57. The summed E-state index contributed by atoms with van der Waals surface area (Å²) < 4.78 is 5.22. The molecule has 0 fully saturated rings. The van der Waals surface area contributed by atoms with Crippen LogP contribution in [0.3, 0.4) is 0 Å². The number of hydrogen-bond donors (Lipinski definition) is 0. The van der Waals surface area contributed by atoms with Crippen molar-refractivity contribution >= 4 is 5.97 Å². The molecular formula is C12H20O2. The van der Waals surface area contributed by atoms with Crippen molar-refractivity contribution < 1.29 is 9.53 Å². The fourth-order valence-corrected chi connectivity index (χ4v) is 1.70. The van der Waals surface area contributed by atoms with Crippen LogP contribution in [0.15, 0.2) is 12.2 Å². The lowest BCUT2D eigenvalue weighted by molar-refractivity contribution is -0.150. The molecule has 0 aromatic rings. The highest BCUT2D eigenvalue weighted by atomic mass is 16.5. The van der Waals surface area contributed by atoms with Crippen molar-refractivity contribution in [3.63, 3.8) is 0 Å². The largest absolute Gasteiger partial charge is 0.465 e. The molecule has 2 unspecified atom stereocenters. The molecular weight excluding hydrogens is 176 g/mol. The highest BCUT2D eigenvalue weighted by Gasteiger charge is 2.26. The maximum Gasteiger partial charge on any atom is 0.309 e. The lowest BCUT2D eigenvalue weighted by atomic mass is 9.84. The molecule has 0 aromatic heterocycles. The lowest BCUT2D eigenvalue weighted by Crippen LogP contribution is -2.25. The molecule has 1 aliphatic rings. The van der Waals surface area contributed by atoms with Crippen LogP contribution < -0.4 is 0 Å². The average molecular weight is 196 g/mol. The summed E-state index contributed by atoms with van der Waals surface area (Å²) in [6.45, 7) is 4.80. The first kappa shape index (κ1) is 11.3. The molecule has 0 radical (unpaired) electrons. The maximum absolute atomic E-state index is 11.6. The molecule has 2 nitrogen and oxygen atoms in total. The Kier molecular flexibility index (Phi) is 4.71.